The molecule has 0 saturated carbocycles. The fraction of sp³-hybridized carbons (Fsp3) is 0.0952. The van der Waals surface area contributed by atoms with Gasteiger partial charge in [-0.2, -0.15) is 10.5 Å². The molecule has 0 fully saturated rings. The van der Waals surface area contributed by atoms with Gasteiger partial charge in [-0.1, -0.05) is 52.3 Å². The molecule has 0 bridgehead atoms. The number of thiazole rings is 1. The van der Waals surface area contributed by atoms with Gasteiger partial charge in [0.1, 0.15) is 27.8 Å². The summed E-state index contributed by atoms with van der Waals surface area (Å²) in [5, 5.41) is 31.0. The standard InChI is InChI=1S/C21H13BrClN3OS/c22-15-7-5-13(6-8-15)19-12-28-21(26-19)18(11-25)20(27)17-4-2-1-3-14(17)9-16(23)10-24/h1-8,12,16,27H,9H2. The summed E-state index contributed by atoms with van der Waals surface area (Å²) in [7, 11) is 0. The molecule has 1 heterocycles. The third-order valence-electron chi connectivity index (χ3n) is 4.02. The third kappa shape index (κ3) is 4.43. The molecule has 3 aromatic rings. The summed E-state index contributed by atoms with van der Waals surface area (Å²) in [6.07, 6.45) is 0.263. The van der Waals surface area contributed by atoms with Crippen molar-refractivity contribution in [2.45, 2.75) is 11.8 Å². The summed E-state index contributed by atoms with van der Waals surface area (Å²) in [5.41, 5.74) is 2.90. The molecule has 28 heavy (non-hydrogen) atoms. The summed E-state index contributed by atoms with van der Waals surface area (Å²) in [6, 6.07) is 18.8. The Morgan fingerprint density at radius 2 is 1.89 bits per heavy atom. The van der Waals surface area contributed by atoms with Crippen LogP contribution >= 0.6 is 38.9 Å². The predicted molar refractivity (Wildman–Crippen MR) is 116 cm³/mol. The van der Waals surface area contributed by atoms with E-state index in [9.17, 15) is 10.4 Å². The van der Waals surface area contributed by atoms with Crippen molar-refractivity contribution in [2.24, 2.45) is 0 Å². The lowest BCUT2D eigenvalue weighted by Crippen LogP contribution is -2.03. The van der Waals surface area contributed by atoms with E-state index < -0.39 is 5.38 Å². The van der Waals surface area contributed by atoms with Crippen LogP contribution in [0.1, 0.15) is 16.1 Å². The first-order chi connectivity index (χ1) is 13.5. The van der Waals surface area contributed by atoms with Crippen LogP contribution in [-0.4, -0.2) is 15.5 Å². The Kier molecular flexibility index (Phi) is 6.49. The number of alkyl halides is 1. The number of aliphatic hydroxyl groups is 1. The van der Waals surface area contributed by atoms with E-state index >= 15 is 0 Å². The first kappa shape index (κ1) is 20.1. The molecule has 0 saturated heterocycles. The van der Waals surface area contributed by atoms with Crippen molar-refractivity contribution in [1.29, 1.82) is 10.5 Å². The summed E-state index contributed by atoms with van der Waals surface area (Å²) < 4.78 is 0.966. The number of benzene rings is 2. The third-order valence-corrected chi connectivity index (χ3v) is 5.66. The van der Waals surface area contributed by atoms with E-state index in [4.69, 9.17) is 16.9 Å². The van der Waals surface area contributed by atoms with Crippen LogP contribution in [0.2, 0.25) is 0 Å². The van der Waals surface area contributed by atoms with Crippen LogP contribution < -0.4 is 0 Å². The largest absolute Gasteiger partial charge is 0.506 e. The Labute approximate surface area is 180 Å². The molecule has 7 heteroatoms. The van der Waals surface area contributed by atoms with Crippen LogP contribution in [-0.2, 0) is 6.42 Å². The number of allylic oxidation sites excluding steroid dienone is 1. The van der Waals surface area contributed by atoms with Crippen molar-refractivity contribution >= 4 is 50.2 Å². The van der Waals surface area contributed by atoms with E-state index in [1.54, 1.807) is 24.3 Å². The van der Waals surface area contributed by atoms with Crippen LogP contribution in [0.5, 0.6) is 0 Å². The minimum absolute atomic E-state index is 0.0869. The number of halogens is 2. The fourth-order valence-corrected chi connectivity index (χ4v) is 3.90. The molecule has 138 valence electrons. The van der Waals surface area contributed by atoms with Crippen molar-refractivity contribution in [2.75, 3.05) is 0 Å². The van der Waals surface area contributed by atoms with Crippen LogP contribution in [0.3, 0.4) is 0 Å². The second-order valence-corrected chi connectivity index (χ2v) is 8.14. The highest BCUT2D eigenvalue weighted by atomic mass is 79.9. The van der Waals surface area contributed by atoms with E-state index in [1.807, 2.05) is 35.7 Å². The summed E-state index contributed by atoms with van der Waals surface area (Å²) in [5.74, 6) is -0.170. The van der Waals surface area contributed by atoms with Crippen molar-refractivity contribution in [3.63, 3.8) is 0 Å². The van der Waals surface area contributed by atoms with Crippen LogP contribution in [0.15, 0.2) is 58.4 Å². The average molecular weight is 471 g/mol. The summed E-state index contributed by atoms with van der Waals surface area (Å²) in [6.45, 7) is 0. The molecule has 1 aromatic heterocycles. The smallest absolute Gasteiger partial charge is 0.143 e. The molecule has 0 radical (unpaired) electrons. The van der Waals surface area contributed by atoms with Gasteiger partial charge in [0.25, 0.3) is 0 Å². The maximum Gasteiger partial charge on any atom is 0.143 e. The van der Waals surface area contributed by atoms with Gasteiger partial charge in [-0.25, -0.2) is 4.98 Å². The lowest BCUT2D eigenvalue weighted by atomic mass is 9.99. The van der Waals surface area contributed by atoms with Gasteiger partial charge in [0.15, 0.2) is 0 Å². The Bertz CT molecular complexity index is 1110. The van der Waals surface area contributed by atoms with E-state index in [-0.39, 0.29) is 17.8 Å². The molecule has 0 aliphatic carbocycles. The maximum absolute atomic E-state index is 10.8. The maximum atomic E-state index is 10.8. The summed E-state index contributed by atoms with van der Waals surface area (Å²) >= 11 is 10.6. The Hall–Kier alpha value is -2.64. The van der Waals surface area contributed by atoms with Crippen molar-refractivity contribution in [1.82, 2.24) is 4.98 Å². The molecular formula is C21H13BrClN3OS. The second-order valence-electron chi connectivity index (χ2n) is 5.84. The van der Waals surface area contributed by atoms with E-state index in [0.717, 1.165) is 15.7 Å². The highest BCUT2D eigenvalue weighted by Gasteiger charge is 2.18. The number of aromatic nitrogens is 1. The normalized spacial score (nSPS) is 12.6. The SMILES string of the molecule is N#CC(=C(O)c1ccccc1CC(Cl)C#N)c1nc(-c2ccc(Br)cc2)cs1. The van der Waals surface area contributed by atoms with Crippen LogP contribution in [0.4, 0.5) is 0 Å². The molecule has 0 aliphatic rings. The van der Waals surface area contributed by atoms with Crippen LogP contribution in [0, 0.1) is 22.7 Å². The highest BCUT2D eigenvalue weighted by Crippen LogP contribution is 2.31. The van der Waals surface area contributed by atoms with Crippen molar-refractivity contribution in [3.05, 3.63) is 74.5 Å². The molecular weight excluding hydrogens is 458 g/mol. The van der Waals surface area contributed by atoms with Gasteiger partial charge in [0, 0.05) is 27.4 Å². The van der Waals surface area contributed by atoms with Gasteiger partial charge in [-0.05, 0) is 17.7 Å². The molecule has 2 aromatic carbocycles. The molecule has 1 atom stereocenters. The monoisotopic (exact) mass is 469 g/mol. The Morgan fingerprint density at radius 3 is 2.57 bits per heavy atom. The number of aliphatic hydroxyl groups excluding tert-OH is 1. The highest BCUT2D eigenvalue weighted by molar-refractivity contribution is 9.10. The first-order valence-corrected chi connectivity index (χ1v) is 10.3. The van der Waals surface area contributed by atoms with Crippen molar-refractivity contribution < 1.29 is 5.11 Å². The van der Waals surface area contributed by atoms with Crippen LogP contribution in [0.25, 0.3) is 22.6 Å². The summed E-state index contributed by atoms with van der Waals surface area (Å²) in [4.78, 5) is 4.52. The Balaban J connectivity index is 2.02. The van der Waals surface area contributed by atoms with Gasteiger partial charge in [0.2, 0.25) is 0 Å². The number of nitriles is 2. The fourth-order valence-electron chi connectivity index (χ4n) is 2.65. The predicted octanol–water partition coefficient (Wildman–Crippen LogP) is 6.20. The Morgan fingerprint density at radius 1 is 1.18 bits per heavy atom. The van der Waals surface area contributed by atoms with Crippen molar-refractivity contribution in [3.8, 4) is 23.4 Å². The molecule has 3 rings (SSSR count). The number of nitrogens with zero attached hydrogens (tertiary/aromatic N) is 3. The lowest BCUT2D eigenvalue weighted by molar-refractivity contribution is 0.513. The molecule has 0 spiro atoms. The zero-order valence-electron chi connectivity index (χ0n) is 14.4. The minimum Gasteiger partial charge on any atom is -0.506 e. The zero-order chi connectivity index (χ0) is 20.1. The molecule has 1 unspecified atom stereocenters. The lowest BCUT2D eigenvalue weighted by Gasteiger charge is -2.10. The van der Waals surface area contributed by atoms with Gasteiger partial charge in [0.05, 0.1) is 11.8 Å². The second kappa shape index (κ2) is 9.03. The molecule has 0 amide bonds. The zero-order valence-corrected chi connectivity index (χ0v) is 17.6. The number of hydrogen-bond acceptors (Lipinski definition) is 5. The van der Waals surface area contributed by atoms with Gasteiger partial charge >= 0.3 is 0 Å². The first-order valence-electron chi connectivity index (χ1n) is 8.20. The topological polar surface area (TPSA) is 80.7 Å². The van der Waals surface area contributed by atoms with E-state index in [1.165, 1.54) is 11.3 Å². The van der Waals surface area contributed by atoms with Gasteiger partial charge in [-0.3, -0.25) is 0 Å². The molecule has 0 aliphatic heterocycles. The molecule has 4 nitrogen and oxygen atoms in total. The molecule has 1 N–H and O–H groups in total. The quantitative estimate of drug-likeness (QED) is 0.274. The average Bonchev–Trinajstić information content (AvgIpc) is 3.19. The number of rotatable bonds is 5. The minimum atomic E-state index is -0.719. The van der Waals surface area contributed by atoms with E-state index in [2.05, 4.69) is 27.0 Å². The van der Waals surface area contributed by atoms with Gasteiger partial charge < -0.3 is 5.11 Å². The number of hydrogen-bond donors (Lipinski definition) is 1. The van der Waals surface area contributed by atoms with Gasteiger partial charge in [-0.15, -0.1) is 22.9 Å². The van der Waals surface area contributed by atoms with E-state index in [0.29, 0.717) is 16.1 Å².